The summed E-state index contributed by atoms with van der Waals surface area (Å²) >= 11 is 0. The second-order valence-corrected chi connectivity index (χ2v) is 4.31. The number of aliphatic hydroxyl groups excluding tert-OH is 3. The highest BCUT2D eigenvalue weighted by molar-refractivity contribution is 4.97. The van der Waals surface area contributed by atoms with Gasteiger partial charge >= 0.3 is 0 Å². The van der Waals surface area contributed by atoms with E-state index in [-0.39, 0.29) is 0 Å². The van der Waals surface area contributed by atoms with Gasteiger partial charge in [0.15, 0.2) is 12.1 Å². The van der Waals surface area contributed by atoms with Gasteiger partial charge in [-0.15, -0.1) is 0 Å². The number of aliphatic hydroxyl groups is 3. The van der Waals surface area contributed by atoms with Gasteiger partial charge in [-0.2, -0.15) is 0 Å². The van der Waals surface area contributed by atoms with Crippen molar-refractivity contribution < 1.29 is 29.5 Å². The summed E-state index contributed by atoms with van der Waals surface area (Å²) in [5.41, 5.74) is 0. The Bertz CT molecular complexity index is 243. The lowest BCUT2D eigenvalue weighted by Crippen LogP contribution is -2.40. The molecular weight excluding hydrogens is 204 g/mol. The van der Waals surface area contributed by atoms with Gasteiger partial charge in [-0.05, 0) is 13.8 Å². The van der Waals surface area contributed by atoms with E-state index in [4.69, 9.17) is 19.3 Å². The van der Waals surface area contributed by atoms with Crippen molar-refractivity contribution in [1.82, 2.24) is 0 Å². The van der Waals surface area contributed by atoms with Crippen LogP contribution in [0.2, 0.25) is 0 Å². The van der Waals surface area contributed by atoms with Gasteiger partial charge in [0, 0.05) is 0 Å². The van der Waals surface area contributed by atoms with E-state index in [1.165, 1.54) is 0 Å². The Morgan fingerprint density at radius 3 is 2.47 bits per heavy atom. The van der Waals surface area contributed by atoms with Crippen molar-refractivity contribution in [2.24, 2.45) is 0 Å². The van der Waals surface area contributed by atoms with Gasteiger partial charge in [0.1, 0.15) is 24.4 Å². The molecule has 88 valence electrons. The highest BCUT2D eigenvalue weighted by Crippen LogP contribution is 2.38. The first-order valence-corrected chi connectivity index (χ1v) is 4.93. The summed E-state index contributed by atoms with van der Waals surface area (Å²) in [6, 6.07) is 0. The average molecular weight is 220 g/mol. The third kappa shape index (κ3) is 1.89. The first-order valence-electron chi connectivity index (χ1n) is 4.93. The van der Waals surface area contributed by atoms with Crippen LogP contribution in [0.25, 0.3) is 0 Å². The Morgan fingerprint density at radius 2 is 1.87 bits per heavy atom. The average Bonchev–Trinajstić information content (AvgIpc) is 2.61. The Morgan fingerprint density at radius 1 is 1.27 bits per heavy atom. The standard InChI is InChI=1S/C9H16O6/c1-9(2)14-6-5(4(11)3-10)13-8(12)7(6)15-9/h4-8,10-12H,3H2,1-2H3/t4?,5?,6?,7?,8-/m0/s1. The van der Waals surface area contributed by atoms with Gasteiger partial charge in [-0.25, -0.2) is 0 Å². The highest BCUT2D eigenvalue weighted by atomic mass is 16.8. The second-order valence-electron chi connectivity index (χ2n) is 4.31. The lowest BCUT2D eigenvalue weighted by molar-refractivity contribution is -0.231. The van der Waals surface area contributed by atoms with E-state index in [9.17, 15) is 10.2 Å². The van der Waals surface area contributed by atoms with Gasteiger partial charge in [0.25, 0.3) is 0 Å². The summed E-state index contributed by atoms with van der Waals surface area (Å²) in [5.74, 6) is -0.798. The SMILES string of the molecule is CC1(C)OC2C(C(O)CO)O[C@H](O)C2O1. The predicted molar refractivity (Wildman–Crippen MR) is 47.8 cm³/mol. The number of hydrogen-bond acceptors (Lipinski definition) is 6. The molecule has 5 atom stereocenters. The fourth-order valence-corrected chi connectivity index (χ4v) is 2.02. The lowest BCUT2D eigenvalue weighted by atomic mass is 10.1. The van der Waals surface area contributed by atoms with Crippen LogP contribution >= 0.6 is 0 Å². The molecule has 2 aliphatic rings. The van der Waals surface area contributed by atoms with Gasteiger partial charge in [-0.3, -0.25) is 0 Å². The molecule has 0 bridgehead atoms. The van der Waals surface area contributed by atoms with E-state index >= 15 is 0 Å². The molecule has 3 N–H and O–H groups in total. The zero-order chi connectivity index (χ0) is 11.2. The third-order valence-electron chi connectivity index (χ3n) is 2.63. The normalized spacial score (nSPS) is 45.4. The second kappa shape index (κ2) is 3.65. The summed E-state index contributed by atoms with van der Waals surface area (Å²) < 4.78 is 16.0. The molecule has 0 aliphatic carbocycles. The molecule has 0 amide bonds. The maximum absolute atomic E-state index is 9.53. The van der Waals surface area contributed by atoms with Crippen molar-refractivity contribution in [1.29, 1.82) is 0 Å². The minimum absolute atomic E-state index is 0.440. The van der Waals surface area contributed by atoms with Crippen LogP contribution in [0.1, 0.15) is 13.8 Å². The molecule has 4 unspecified atom stereocenters. The van der Waals surface area contributed by atoms with Crippen molar-refractivity contribution in [3.63, 3.8) is 0 Å². The van der Waals surface area contributed by atoms with Gasteiger partial charge < -0.3 is 29.5 Å². The lowest BCUT2D eigenvalue weighted by Gasteiger charge is -2.24. The summed E-state index contributed by atoms with van der Waals surface area (Å²) in [5, 5.41) is 27.8. The van der Waals surface area contributed by atoms with Crippen LogP contribution in [0.4, 0.5) is 0 Å². The molecule has 0 aromatic rings. The van der Waals surface area contributed by atoms with E-state index in [1.54, 1.807) is 13.8 Å². The van der Waals surface area contributed by atoms with Crippen molar-refractivity contribution in [2.75, 3.05) is 6.61 Å². The van der Waals surface area contributed by atoms with Crippen molar-refractivity contribution in [3.05, 3.63) is 0 Å². The Balaban J connectivity index is 2.12. The molecule has 0 spiro atoms. The molecule has 2 heterocycles. The van der Waals surface area contributed by atoms with Gasteiger partial charge in [-0.1, -0.05) is 0 Å². The molecule has 0 aromatic heterocycles. The van der Waals surface area contributed by atoms with E-state index < -0.39 is 43.1 Å². The molecule has 0 saturated carbocycles. The van der Waals surface area contributed by atoms with Gasteiger partial charge in [0.2, 0.25) is 0 Å². The Kier molecular flexibility index (Phi) is 2.74. The fourth-order valence-electron chi connectivity index (χ4n) is 2.02. The molecule has 6 nitrogen and oxygen atoms in total. The molecule has 0 radical (unpaired) electrons. The summed E-state index contributed by atoms with van der Waals surface area (Å²) in [6.07, 6.45) is -4.10. The molecule has 2 aliphatic heterocycles. The quantitative estimate of drug-likeness (QED) is 0.529. The largest absolute Gasteiger partial charge is 0.394 e. The summed E-state index contributed by atoms with van der Waals surface area (Å²) in [7, 11) is 0. The maximum Gasteiger partial charge on any atom is 0.184 e. The topological polar surface area (TPSA) is 88.4 Å². The van der Waals surface area contributed by atoms with Gasteiger partial charge in [0.05, 0.1) is 6.61 Å². The molecule has 0 aromatic carbocycles. The zero-order valence-electron chi connectivity index (χ0n) is 8.66. The van der Waals surface area contributed by atoms with E-state index in [0.29, 0.717) is 0 Å². The van der Waals surface area contributed by atoms with Crippen LogP contribution in [0.15, 0.2) is 0 Å². The first kappa shape index (κ1) is 11.3. The van der Waals surface area contributed by atoms with Crippen LogP contribution in [0, 0.1) is 0 Å². The molecule has 2 rings (SSSR count). The van der Waals surface area contributed by atoms with E-state index in [2.05, 4.69) is 0 Å². The monoisotopic (exact) mass is 220 g/mol. The highest BCUT2D eigenvalue weighted by Gasteiger charge is 2.56. The van der Waals surface area contributed by atoms with E-state index in [0.717, 1.165) is 0 Å². The smallest absolute Gasteiger partial charge is 0.184 e. The van der Waals surface area contributed by atoms with Crippen molar-refractivity contribution in [2.45, 2.75) is 50.3 Å². The number of hydrogen-bond donors (Lipinski definition) is 3. The van der Waals surface area contributed by atoms with Crippen molar-refractivity contribution >= 4 is 0 Å². The predicted octanol–water partition coefficient (Wildman–Crippen LogP) is -1.42. The summed E-state index contributed by atoms with van der Waals surface area (Å²) in [6.45, 7) is 3.01. The van der Waals surface area contributed by atoms with Crippen LogP contribution in [0.3, 0.4) is 0 Å². The number of rotatable bonds is 2. The number of fused-ring (bicyclic) bond motifs is 1. The Labute approximate surface area is 87.4 Å². The molecule has 15 heavy (non-hydrogen) atoms. The van der Waals surface area contributed by atoms with E-state index in [1.807, 2.05) is 0 Å². The number of ether oxygens (including phenoxy) is 3. The van der Waals surface area contributed by atoms with Crippen LogP contribution < -0.4 is 0 Å². The third-order valence-corrected chi connectivity index (χ3v) is 2.63. The first-order chi connectivity index (χ1) is 6.94. The van der Waals surface area contributed by atoms with Crippen LogP contribution in [-0.4, -0.2) is 58.4 Å². The molecule has 6 heteroatoms. The molecule has 2 fully saturated rings. The van der Waals surface area contributed by atoms with Crippen molar-refractivity contribution in [3.8, 4) is 0 Å². The summed E-state index contributed by atoms with van der Waals surface area (Å²) in [4.78, 5) is 0. The van der Waals surface area contributed by atoms with Crippen LogP contribution in [-0.2, 0) is 14.2 Å². The Hall–Kier alpha value is -0.240. The van der Waals surface area contributed by atoms with Crippen LogP contribution in [0.5, 0.6) is 0 Å². The fraction of sp³-hybridized carbons (Fsp3) is 1.00. The molecule has 2 saturated heterocycles. The maximum atomic E-state index is 9.53. The minimum atomic E-state index is -1.12. The zero-order valence-corrected chi connectivity index (χ0v) is 8.66. The minimum Gasteiger partial charge on any atom is -0.394 e. The molecular formula is C9H16O6.